The van der Waals surface area contributed by atoms with Gasteiger partial charge in [-0.2, -0.15) is 8.78 Å². The summed E-state index contributed by atoms with van der Waals surface area (Å²) in [5.74, 6) is -1.75. The molecular weight excluding hydrogens is 396 g/mol. The molecule has 158 valence electrons. The smallest absolute Gasteiger partial charge is 0.293 e. The molecule has 9 heteroatoms. The molecule has 1 fully saturated rings. The summed E-state index contributed by atoms with van der Waals surface area (Å²) in [6.07, 6.45) is 5.58. The van der Waals surface area contributed by atoms with Gasteiger partial charge < -0.3 is 0 Å². The van der Waals surface area contributed by atoms with Crippen LogP contribution in [-0.2, 0) is 17.1 Å². The van der Waals surface area contributed by atoms with Gasteiger partial charge in [0, 0.05) is 36.1 Å². The van der Waals surface area contributed by atoms with Crippen molar-refractivity contribution >= 4 is 17.5 Å². The number of halogens is 2. The molecule has 2 aromatic rings. The largest absolute Gasteiger partial charge is 0.330 e. The summed E-state index contributed by atoms with van der Waals surface area (Å²) < 4.78 is 28.7. The van der Waals surface area contributed by atoms with E-state index in [0.29, 0.717) is 6.42 Å². The lowest BCUT2D eigenvalue weighted by Gasteiger charge is -2.24. The molecule has 2 heterocycles. The fourth-order valence-corrected chi connectivity index (χ4v) is 4.87. The van der Waals surface area contributed by atoms with Gasteiger partial charge in [0.2, 0.25) is 5.78 Å². The quantitative estimate of drug-likeness (QED) is 0.523. The van der Waals surface area contributed by atoms with E-state index >= 15 is 0 Å². The third kappa shape index (κ3) is 6.30. The van der Waals surface area contributed by atoms with E-state index in [1.54, 1.807) is 6.07 Å². The molecule has 0 amide bonds. The van der Waals surface area contributed by atoms with E-state index in [0.717, 1.165) is 56.1 Å². The monoisotopic (exact) mass is 423 g/mol. The minimum absolute atomic E-state index is 0.0885. The molecule has 1 aliphatic rings. The van der Waals surface area contributed by atoms with Crippen LogP contribution in [0.2, 0.25) is 0 Å². The first-order chi connectivity index (χ1) is 14.1. The molecule has 0 spiro atoms. The first kappa shape index (κ1) is 21.8. The predicted octanol–water partition coefficient (Wildman–Crippen LogP) is 3.82. The standard InChI is InChI=1S/C20H27F2N5OS/c21-20(22,16-8-4-3-5-9-16)18(28)12-11-17-14-29-15-27(17)13-7-2-1-6-10-19-23-25-26-24-19/h3-5,8-9,17H,1-2,6-7,10-15H2,(H,23,24,25,26). The zero-order valence-corrected chi connectivity index (χ0v) is 17.2. The highest BCUT2D eigenvalue weighted by molar-refractivity contribution is 7.99. The second-order valence-electron chi connectivity index (χ2n) is 7.38. The Morgan fingerprint density at radius 2 is 2.00 bits per heavy atom. The Bertz CT molecular complexity index is 745. The van der Waals surface area contributed by atoms with Gasteiger partial charge in [0.15, 0.2) is 0 Å². The van der Waals surface area contributed by atoms with Crippen molar-refractivity contribution < 1.29 is 13.6 Å². The number of H-pyrrole nitrogens is 1. The Labute approximate surface area is 173 Å². The Morgan fingerprint density at radius 3 is 2.76 bits per heavy atom. The number of aromatic amines is 1. The van der Waals surface area contributed by atoms with Crippen molar-refractivity contribution in [3.05, 3.63) is 41.7 Å². The van der Waals surface area contributed by atoms with Crippen LogP contribution in [0.1, 0.15) is 49.9 Å². The van der Waals surface area contributed by atoms with Crippen molar-refractivity contribution in [1.82, 2.24) is 25.5 Å². The first-order valence-electron chi connectivity index (χ1n) is 10.1. The summed E-state index contributed by atoms with van der Waals surface area (Å²) in [6.45, 7) is 0.949. The van der Waals surface area contributed by atoms with Crippen molar-refractivity contribution in [2.75, 3.05) is 18.2 Å². The molecule has 1 N–H and O–H groups in total. The molecular formula is C20H27F2N5OS. The maximum absolute atomic E-state index is 14.4. The fourth-order valence-electron chi connectivity index (χ4n) is 3.54. The van der Waals surface area contributed by atoms with Crippen LogP contribution in [0.3, 0.4) is 0 Å². The van der Waals surface area contributed by atoms with Gasteiger partial charge in [-0.3, -0.25) is 9.69 Å². The minimum Gasteiger partial charge on any atom is -0.293 e. The average Bonchev–Trinajstić information content (AvgIpc) is 3.41. The molecule has 1 atom stereocenters. The zero-order chi connectivity index (χ0) is 20.5. The maximum Gasteiger partial charge on any atom is 0.330 e. The fraction of sp³-hybridized carbons (Fsp3) is 0.600. The van der Waals surface area contributed by atoms with E-state index in [-0.39, 0.29) is 18.0 Å². The van der Waals surface area contributed by atoms with Crippen molar-refractivity contribution in [1.29, 1.82) is 0 Å². The second-order valence-corrected chi connectivity index (χ2v) is 8.38. The van der Waals surface area contributed by atoms with Crippen molar-refractivity contribution in [3.8, 4) is 0 Å². The van der Waals surface area contributed by atoms with Gasteiger partial charge in [0.05, 0.1) is 0 Å². The highest BCUT2D eigenvalue weighted by atomic mass is 32.2. The van der Waals surface area contributed by atoms with Gasteiger partial charge in [-0.1, -0.05) is 43.2 Å². The highest BCUT2D eigenvalue weighted by Gasteiger charge is 2.40. The summed E-state index contributed by atoms with van der Waals surface area (Å²) in [5.41, 5.74) is -0.219. The Morgan fingerprint density at radius 1 is 1.21 bits per heavy atom. The van der Waals surface area contributed by atoms with Gasteiger partial charge >= 0.3 is 5.92 Å². The third-order valence-electron chi connectivity index (χ3n) is 5.27. The van der Waals surface area contributed by atoms with Crippen LogP contribution >= 0.6 is 11.8 Å². The summed E-state index contributed by atoms with van der Waals surface area (Å²) in [4.78, 5) is 14.5. The van der Waals surface area contributed by atoms with Crippen LogP contribution in [0.15, 0.2) is 30.3 Å². The number of benzene rings is 1. The second kappa shape index (κ2) is 10.8. The number of aryl methyl sites for hydroxylation is 1. The SMILES string of the molecule is O=C(CCC1CSCN1CCCCCCc1nnn[nH]1)C(F)(F)c1ccccc1. The number of aromatic nitrogens is 4. The molecule has 1 aromatic carbocycles. The van der Waals surface area contributed by atoms with Crippen LogP contribution in [0.4, 0.5) is 8.78 Å². The number of carbonyl (C=O) groups excluding carboxylic acids is 1. The van der Waals surface area contributed by atoms with Crippen LogP contribution in [-0.4, -0.2) is 55.5 Å². The molecule has 0 bridgehead atoms. The number of hydrogen-bond acceptors (Lipinski definition) is 6. The van der Waals surface area contributed by atoms with E-state index in [1.807, 2.05) is 11.8 Å². The van der Waals surface area contributed by atoms with Gasteiger partial charge in [-0.15, -0.1) is 16.9 Å². The number of Topliss-reactive ketones (excluding diaryl/α,β-unsaturated/α-hetero) is 1. The number of nitrogens with one attached hydrogen (secondary N) is 1. The number of nitrogens with zero attached hydrogens (tertiary/aromatic N) is 4. The predicted molar refractivity (Wildman–Crippen MR) is 109 cm³/mol. The number of ketones is 1. The molecule has 1 saturated heterocycles. The van der Waals surface area contributed by atoms with Crippen molar-refractivity contribution in [3.63, 3.8) is 0 Å². The van der Waals surface area contributed by atoms with Crippen LogP contribution in [0.5, 0.6) is 0 Å². The van der Waals surface area contributed by atoms with E-state index < -0.39 is 11.7 Å². The first-order valence-corrected chi connectivity index (χ1v) is 11.2. The number of alkyl halides is 2. The Balaban J connectivity index is 1.35. The van der Waals surface area contributed by atoms with Crippen molar-refractivity contribution in [2.24, 2.45) is 0 Å². The van der Waals surface area contributed by atoms with Crippen LogP contribution in [0.25, 0.3) is 0 Å². The Kier molecular flexibility index (Phi) is 8.11. The molecule has 1 aliphatic heterocycles. The van der Waals surface area contributed by atoms with E-state index in [2.05, 4.69) is 25.5 Å². The van der Waals surface area contributed by atoms with E-state index in [9.17, 15) is 13.6 Å². The van der Waals surface area contributed by atoms with E-state index in [1.165, 1.54) is 24.3 Å². The summed E-state index contributed by atoms with van der Waals surface area (Å²) >= 11 is 1.81. The number of hydrogen-bond donors (Lipinski definition) is 1. The lowest BCUT2D eigenvalue weighted by atomic mass is 9.99. The topological polar surface area (TPSA) is 74.8 Å². The van der Waals surface area contributed by atoms with Crippen molar-refractivity contribution in [2.45, 2.75) is 56.9 Å². The lowest BCUT2D eigenvalue weighted by Crippen LogP contribution is -2.34. The number of unbranched alkanes of at least 4 members (excludes halogenated alkanes) is 3. The molecule has 0 aliphatic carbocycles. The molecule has 6 nitrogen and oxygen atoms in total. The number of thioether (sulfide) groups is 1. The summed E-state index contributed by atoms with van der Waals surface area (Å²) in [6, 6.07) is 7.57. The molecule has 1 unspecified atom stereocenters. The normalized spacial score (nSPS) is 17.7. The van der Waals surface area contributed by atoms with Gasteiger partial charge in [-0.05, 0) is 36.2 Å². The molecule has 3 rings (SSSR count). The number of tetrazole rings is 1. The van der Waals surface area contributed by atoms with Gasteiger partial charge in [0.1, 0.15) is 5.82 Å². The lowest BCUT2D eigenvalue weighted by molar-refractivity contribution is -0.144. The van der Waals surface area contributed by atoms with Gasteiger partial charge in [0.25, 0.3) is 0 Å². The van der Waals surface area contributed by atoms with E-state index in [4.69, 9.17) is 0 Å². The number of carbonyl (C=O) groups is 1. The molecule has 0 radical (unpaired) electrons. The average molecular weight is 424 g/mol. The maximum atomic E-state index is 14.4. The zero-order valence-electron chi connectivity index (χ0n) is 16.4. The summed E-state index contributed by atoms with van der Waals surface area (Å²) in [5, 5.41) is 13.7. The number of rotatable bonds is 12. The Hall–Kier alpha value is -1.87. The third-order valence-corrected chi connectivity index (χ3v) is 6.41. The minimum atomic E-state index is -3.41. The summed E-state index contributed by atoms with van der Waals surface area (Å²) in [7, 11) is 0. The molecule has 29 heavy (non-hydrogen) atoms. The molecule has 0 saturated carbocycles. The molecule has 1 aromatic heterocycles. The highest BCUT2D eigenvalue weighted by Crippen LogP contribution is 2.32. The van der Waals surface area contributed by atoms with Gasteiger partial charge in [-0.25, -0.2) is 5.10 Å². The van der Waals surface area contributed by atoms with Crippen LogP contribution in [0, 0.1) is 0 Å². The van der Waals surface area contributed by atoms with Crippen LogP contribution < -0.4 is 0 Å².